The summed E-state index contributed by atoms with van der Waals surface area (Å²) in [4.78, 5) is 19.6. The Morgan fingerprint density at radius 1 is 1.32 bits per heavy atom. The molecule has 0 radical (unpaired) electrons. The molecule has 0 saturated carbocycles. The van der Waals surface area contributed by atoms with Crippen molar-refractivity contribution in [3.05, 3.63) is 47.3 Å². The highest BCUT2D eigenvalue weighted by Crippen LogP contribution is 2.18. The van der Waals surface area contributed by atoms with Crippen molar-refractivity contribution in [1.82, 2.24) is 15.3 Å². The third-order valence-electron chi connectivity index (χ3n) is 3.23. The van der Waals surface area contributed by atoms with Gasteiger partial charge in [-0.1, -0.05) is 55.9 Å². The molecule has 0 bridgehead atoms. The fourth-order valence-electron chi connectivity index (χ4n) is 2.00. The SMILES string of the molecule is Cc1[nH]c(SCC(=O)NCC(C)C)nc1Cc1ccccc1. The predicted molar refractivity (Wildman–Crippen MR) is 91.1 cm³/mol. The van der Waals surface area contributed by atoms with Gasteiger partial charge in [0.05, 0.1) is 11.4 Å². The van der Waals surface area contributed by atoms with Crippen molar-refractivity contribution in [2.75, 3.05) is 12.3 Å². The minimum Gasteiger partial charge on any atom is -0.355 e. The Kier molecular flexibility index (Phi) is 6.07. The van der Waals surface area contributed by atoms with Crippen LogP contribution in [0.3, 0.4) is 0 Å². The lowest BCUT2D eigenvalue weighted by Gasteiger charge is -2.06. The van der Waals surface area contributed by atoms with E-state index in [0.717, 1.165) is 29.5 Å². The van der Waals surface area contributed by atoms with E-state index in [1.165, 1.54) is 17.3 Å². The summed E-state index contributed by atoms with van der Waals surface area (Å²) >= 11 is 1.45. The molecule has 2 N–H and O–H groups in total. The molecular formula is C17H23N3OS. The largest absolute Gasteiger partial charge is 0.355 e. The smallest absolute Gasteiger partial charge is 0.230 e. The first-order valence-corrected chi connectivity index (χ1v) is 8.52. The van der Waals surface area contributed by atoms with Gasteiger partial charge in [0.25, 0.3) is 0 Å². The Morgan fingerprint density at radius 3 is 2.73 bits per heavy atom. The van der Waals surface area contributed by atoms with Gasteiger partial charge in [-0.05, 0) is 18.4 Å². The number of imidazole rings is 1. The maximum Gasteiger partial charge on any atom is 0.230 e. The van der Waals surface area contributed by atoms with Gasteiger partial charge >= 0.3 is 0 Å². The summed E-state index contributed by atoms with van der Waals surface area (Å²) in [6.07, 6.45) is 0.809. The number of benzene rings is 1. The lowest BCUT2D eigenvalue weighted by atomic mass is 10.1. The summed E-state index contributed by atoms with van der Waals surface area (Å²) in [5.41, 5.74) is 3.34. The topological polar surface area (TPSA) is 57.8 Å². The van der Waals surface area contributed by atoms with Crippen molar-refractivity contribution in [2.24, 2.45) is 5.92 Å². The summed E-state index contributed by atoms with van der Waals surface area (Å²) in [7, 11) is 0. The summed E-state index contributed by atoms with van der Waals surface area (Å²) in [5, 5.41) is 3.72. The Balaban J connectivity index is 1.88. The molecule has 0 unspecified atom stereocenters. The number of aromatic nitrogens is 2. The zero-order valence-corrected chi connectivity index (χ0v) is 14.2. The molecule has 0 aliphatic rings. The number of thioether (sulfide) groups is 1. The molecule has 0 aliphatic carbocycles. The second-order valence-corrected chi connectivity index (χ2v) is 6.73. The number of nitrogens with zero attached hydrogens (tertiary/aromatic N) is 1. The average Bonchev–Trinajstić information content (AvgIpc) is 2.84. The first-order valence-electron chi connectivity index (χ1n) is 7.53. The monoisotopic (exact) mass is 317 g/mol. The number of nitrogens with one attached hydrogen (secondary N) is 2. The van der Waals surface area contributed by atoms with E-state index in [9.17, 15) is 4.79 Å². The molecule has 0 fully saturated rings. The van der Waals surface area contributed by atoms with E-state index in [1.54, 1.807) is 0 Å². The number of aromatic amines is 1. The lowest BCUT2D eigenvalue weighted by Crippen LogP contribution is -2.28. The number of hydrogen-bond acceptors (Lipinski definition) is 3. The van der Waals surface area contributed by atoms with Crippen LogP contribution in [-0.4, -0.2) is 28.2 Å². The van der Waals surface area contributed by atoms with E-state index < -0.39 is 0 Å². The van der Waals surface area contributed by atoms with Gasteiger partial charge in [0.15, 0.2) is 5.16 Å². The molecule has 2 aromatic rings. The molecular weight excluding hydrogens is 294 g/mol. The molecule has 1 aromatic heterocycles. The number of amides is 1. The van der Waals surface area contributed by atoms with Crippen LogP contribution in [0.25, 0.3) is 0 Å². The van der Waals surface area contributed by atoms with E-state index in [2.05, 4.69) is 41.3 Å². The molecule has 0 atom stereocenters. The Labute approximate surface area is 136 Å². The van der Waals surface area contributed by atoms with Crippen molar-refractivity contribution in [2.45, 2.75) is 32.3 Å². The quantitative estimate of drug-likeness (QED) is 0.771. The standard InChI is InChI=1S/C17H23N3OS/c1-12(2)10-18-16(21)11-22-17-19-13(3)15(20-17)9-14-7-5-4-6-8-14/h4-8,12H,9-11H2,1-3H3,(H,18,21)(H,19,20). The number of rotatable bonds is 7. The van der Waals surface area contributed by atoms with E-state index in [4.69, 9.17) is 0 Å². The van der Waals surface area contributed by atoms with E-state index in [-0.39, 0.29) is 5.91 Å². The van der Waals surface area contributed by atoms with Crippen LogP contribution in [0.15, 0.2) is 35.5 Å². The Bertz CT molecular complexity index is 608. The maximum atomic E-state index is 11.7. The van der Waals surface area contributed by atoms with Crippen LogP contribution in [0.5, 0.6) is 0 Å². The highest BCUT2D eigenvalue weighted by molar-refractivity contribution is 7.99. The highest BCUT2D eigenvalue weighted by atomic mass is 32.2. The second kappa shape index (κ2) is 8.03. The number of aryl methyl sites for hydroxylation is 1. The van der Waals surface area contributed by atoms with Crippen molar-refractivity contribution in [1.29, 1.82) is 0 Å². The molecule has 5 heteroatoms. The summed E-state index contributed by atoms with van der Waals surface area (Å²) < 4.78 is 0. The average molecular weight is 317 g/mol. The zero-order valence-electron chi connectivity index (χ0n) is 13.3. The van der Waals surface area contributed by atoms with Gasteiger partial charge in [-0.3, -0.25) is 4.79 Å². The Hall–Kier alpha value is -1.75. The van der Waals surface area contributed by atoms with E-state index >= 15 is 0 Å². The van der Waals surface area contributed by atoms with Crippen LogP contribution in [0, 0.1) is 12.8 Å². The van der Waals surface area contributed by atoms with E-state index in [1.807, 2.05) is 25.1 Å². The summed E-state index contributed by atoms with van der Waals surface area (Å²) in [6.45, 7) is 6.91. The highest BCUT2D eigenvalue weighted by Gasteiger charge is 2.10. The number of hydrogen-bond donors (Lipinski definition) is 2. The molecule has 118 valence electrons. The zero-order chi connectivity index (χ0) is 15.9. The lowest BCUT2D eigenvalue weighted by molar-refractivity contribution is -0.118. The molecule has 0 aliphatic heterocycles. The third-order valence-corrected chi connectivity index (χ3v) is 4.10. The van der Waals surface area contributed by atoms with Crippen molar-refractivity contribution in [3.8, 4) is 0 Å². The van der Waals surface area contributed by atoms with Gasteiger partial charge in [-0.25, -0.2) is 4.98 Å². The number of carbonyl (C=O) groups excluding carboxylic acids is 1. The fraction of sp³-hybridized carbons (Fsp3) is 0.412. The van der Waals surface area contributed by atoms with Gasteiger partial charge < -0.3 is 10.3 Å². The van der Waals surface area contributed by atoms with Gasteiger partial charge in [0, 0.05) is 18.7 Å². The minimum atomic E-state index is 0.0531. The van der Waals surface area contributed by atoms with Crippen LogP contribution in [0.4, 0.5) is 0 Å². The first kappa shape index (κ1) is 16.6. The van der Waals surface area contributed by atoms with Gasteiger partial charge in [0.2, 0.25) is 5.91 Å². The summed E-state index contributed by atoms with van der Waals surface area (Å²) in [5.74, 6) is 0.916. The molecule has 1 amide bonds. The third kappa shape index (κ3) is 5.22. The predicted octanol–water partition coefficient (Wildman–Crippen LogP) is 3.17. The molecule has 1 heterocycles. The van der Waals surface area contributed by atoms with Gasteiger partial charge in [-0.2, -0.15) is 0 Å². The molecule has 1 aromatic carbocycles. The van der Waals surface area contributed by atoms with Crippen LogP contribution in [0.1, 0.15) is 30.8 Å². The maximum absolute atomic E-state index is 11.7. The minimum absolute atomic E-state index is 0.0531. The van der Waals surface area contributed by atoms with Crippen LogP contribution >= 0.6 is 11.8 Å². The fourth-order valence-corrected chi connectivity index (χ4v) is 2.77. The normalized spacial score (nSPS) is 10.9. The second-order valence-electron chi connectivity index (χ2n) is 5.76. The number of carbonyl (C=O) groups is 1. The Morgan fingerprint density at radius 2 is 2.05 bits per heavy atom. The van der Waals surface area contributed by atoms with Crippen LogP contribution in [0.2, 0.25) is 0 Å². The molecule has 4 nitrogen and oxygen atoms in total. The van der Waals surface area contributed by atoms with Crippen molar-refractivity contribution in [3.63, 3.8) is 0 Å². The molecule has 22 heavy (non-hydrogen) atoms. The van der Waals surface area contributed by atoms with Crippen molar-refractivity contribution < 1.29 is 4.79 Å². The first-order chi connectivity index (χ1) is 10.5. The molecule has 0 saturated heterocycles. The summed E-state index contributed by atoms with van der Waals surface area (Å²) in [6, 6.07) is 10.3. The van der Waals surface area contributed by atoms with Crippen molar-refractivity contribution >= 4 is 17.7 Å². The van der Waals surface area contributed by atoms with Gasteiger partial charge in [-0.15, -0.1) is 0 Å². The van der Waals surface area contributed by atoms with E-state index in [0.29, 0.717) is 11.7 Å². The van der Waals surface area contributed by atoms with Crippen LogP contribution < -0.4 is 5.32 Å². The molecule has 0 spiro atoms. The van der Waals surface area contributed by atoms with Crippen LogP contribution in [-0.2, 0) is 11.2 Å². The number of H-pyrrole nitrogens is 1. The van der Waals surface area contributed by atoms with Gasteiger partial charge in [0.1, 0.15) is 0 Å². The molecule has 2 rings (SSSR count).